The van der Waals surface area contributed by atoms with E-state index >= 15 is 0 Å². The first kappa shape index (κ1) is 14.4. The van der Waals surface area contributed by atoms with Gasteiger partial charge in [-0.2, -0.15) is 0 Å². The first-order valence-electron chi connectivity index (χ1n) is 5.59. The average Bonchev–Trinajstić information content (AvgIpc) is 2.29. The second-order valence-corrected chi connectivity index (χ2v) is 4.58. The van der Waals surface area contributed by atoms with E-state index in [1.165, 1.54) is 0 Å². The van der Waals surface area contributed by atoms with E-state index in [1.807, 2.05) is 0 Å². The van der Waals surface area contributed by atoms with Gasteiger partial charge in [-0.1, -0.05) is 42.8 Å². The van der Waals surface area contributed by atoms with Crippen LogP contribution in [0.2, 0.25) is 10.0 Å². The fourth-order valence-electron chi connectivity index (χ4n) is 1.29. The van der Waals surface area contributed by atoms with Crippen LogP contribution in [0.15, 0.2) is 30.4 Å². The Morgan fingerprint density at radius 3 is 2.59 bits per heavy atom. The second-order valence-electron chi connectivity index (χ2n) is 3.77. The summed E-state index contributed by atoms with van der Waals surface area (Å²) in [6.45, 7) is 8.19. The van der Waals surface area contributed by atoms with Crippen LogP contribution >= 0.6 is 23.2 Å². The van der Waals surface area contributed by atoms with Gasteiger partial charge in [0.2, 0.25) is 0 Å². The summed E-state index contributed by atoms with van der Waals surface area (Å²) in [4.78, 5) is 0. The minimum Gasteiger partial charge on any atom is -0.486 e. The molecule has 0 saturated carbocycles. The zero-order valence-electron chi connectivity index (χ0n) is 9.93. The van der Waals surface area contributed by atoms with Gasteiger partial charge in [0, 0.05) is 6.54 Å². The van der Waals surface area contributed by atoms with Crippen LogP contribution in [0.4, 0.5) is 0 Å². The number of halogens is 2. The Bertz CT molecular complexity index is 359. The molecule has 1 aromatic rings. The van der Waals surface area contributed by atoms with Gasteiger partial charge < -0.3 is 10.1 Å². The van der Waals surface area contributed by atoms with Crippen LogP contribution in [0.5, 0.6) is 5.75 Å². The molecule has 4 heteroatoms. The molecular weight excluding hydrogens is 257 g/mol. The summed E-state index contributed by atoms with van der Waals surface area (Å²) < 4.78 is 5.56. The van der Waals surface area contributed by atoms with Crippen LogP contribution in [0, 0.1) is 0 Å². The van der Waals surface area contributed by atoms with Crippen molar-refractivity contribution in [3.05, 3.63) is 40.4 Å². The molecule has 1 N–H and O–H groups in total. The molecule has 1 aromatic carbocycles. The van der Waals surface area contributed by atoms with Crippen molar-refractivity contribution in [2.45, 2.75) is 13.3 Å². The van der Waals surface area contributed by atoms with E-state index in [2.05, 4.69) is 18.8 Å². The summed E-state index contributed by atoms with van der Waals surface area (Å²) >= 11 is 12.0. The van der Waals surface area contributed by atoms with Gasteiger partial charge in [0.15, 0.2) is 5.75 Å². The summed E-state index contributed by atoms with van der Waals surface area (Å²) in [6, 6.07) is 5.29. The van der Waals surface area contributed by atoms with Gasteiger partial charge in [-0.3, -0.25) is 0 Å². The Hall–Kier alpha value is -0.700. The monoisotopic (exact) mass is 273 g/mol. The summed E-state index contributed by atoms with van der Waals surface area (Å²) in [6.07, 6.45) is 1.10. The van der Waals surface area contributed by atoms with E-state index in [9.17, 15) is 0 Å². The number of benzene rings is 1. The van der Waals surface area contributed by atoms with Gasteiger partial charge in [-0.05, 0) is 30.7 Å². The molecule has 0 bridgehead atoms. The topological polar surface area (TPSA) is 21.3 Å². The molecule has 2 nitrogen and oxygen atoms in total. The van der Waals surface area contributed by atoms with Crippen molar-refractivity contribution in [2.75, 3.05) is 19.7 Å². The fourth-order valence-corrected chi connectivity index (χ4v) is 1.79. The van der Waals surface area contributed by atoms with Crippen LogP contribution in [-0.4, -0.2) is 19.7 Å². The lowest BCUT2D eigenvalue weighted by atomic mass is 10.3. The quantitative estimate of drug-likeness (QED) is 0.601. The Labute approximate surface area is 113 Å². The van der Waals surface area contributed by atoms with E-state index in [-0.39, 0.29) is 0 Å². The molecule has 0 atom stereocenters. The Morgan fingerprint density at radius 1 is 1.35 bits per heavy atom. The zero-order valence-corrected chi connectivity index (χ0v) is 11.4. The molecule has 0 aromatic heterocycles. The third-order valence-corrected chi connectivity index (χ3v) is 2.74. The average molecular weight is 274 g/mol. The largest absolute Gasteiger partial charge is 0.486 e. The van der Waals surface area contributed by atoms with Crippen molar-refractivity contribution in [3.63, 3.8) is 0 Å². The maximum atomic E-state index is 5.99. The number of ether oxygens (including phenoxy) is 1. The Balaban J connectivity index is 2.42. The van der Waals surface area contributed by atoms with Gasteiger partial charge in [0.25, 0.3) is 0 Å². The second kappa shape index (κ2) is 7.59. The Kier molecular flexibility index (Phi) is 6.41. The molecule has 1 rings (SSSR count). The van der Waals surface area contributed by atoms with Crippen molar-refractivity contribution in [1.29, 1.82) is 0 Å². The highest BCUT2D eigenvalue weighted by atomic mass is 35.5. The lowest BCUT2D eigenvalue weighted by Gasteiger charge is -2.11. The van der Waals surface area contributed by atoms with Crippen molar-refractivity contribution in [3.8, 4) is 5.75 Å². The molecule has 0 aliphatic rings. The van der Waals surface area contributed by atoms with Gasteiger partial charge in [-0.15, -0.1) is 0 Å². The zero-order chi connectivity index (χ0) is 12.7. The fraction of sp³-hybridized carbons (Fsp3) is 0.385. The first-order valence-corrected chi connectivity index (χ1v) is 6.35. The molecule has 94 valence electrons. The minimum absolute atomic E-state index is 0.417. The van der Waals surface area contributed by atoms with Crippen LogP contribution in [0.1, 0.15) is 13.3 Å². The molecule has 0 spiro atoms. The van der Waals surface area contributed by atoms with Crippen LogP contribution in [0.25, 0.3) is 0 Å². The van der Waals surface area contributed by atoms with E-state index < -0.39 is 0 Å². The Morgan fingerprint density at radius 2 is 2.00 bits per heavy atom. The van der Waals surface area contributed by atoms with Gasteiger partial charge in [-0.25, -0.2) is 0 Å². The molecule has 0 aliphatic heterocycles. The summed E-state index contributed by atoms with van der Waals surface area (Å²) in [5.41, 5.74) is 0.967. The van der Waals surface area contributed by atoms with Crippen molar-refractivity contribution < 1.29 is 4.74 Å². The first-order chi connectivity index (χ1) is 8.15. The third kappa shape index (κ3) is 4.99. The van der Waals surface area contributed by atoms with Crippen LogP contribution in [0.3, 0.4) is 0 Å². The van der Waals surface area contributed by atoms with E-state index in [1.54, 1.807) is 18.2 Å². The number of hydrogen-bond donors (Lipinski definition) is 1. The number of nitrogens with one attached hydrogen (secondary N) is 1. The number of para-hydroxylation sites is 1. The van der Waals surface area contributed by atoms with Crippen molar-refractivity contribution in [1.82, 2.24) is 5.32 Å². The van der Waals surface area contributed by atoms with Gasteiger partial charge >= 0.3 is 0 Å². The molecule has 0 unspecified atom stereocenters. The normalized spacial score (nSPS) is 10.3. The lowest BCUT2D eigenvalue weighted by Crippen LogP contribution is -2.20. The predicted molar refractivity (Wildman–Crippen MR) is 74.3 cm³/mol. The molecule has 0 amide bonds. The maximum Gasteiger partial charge on any atom is 0.156 e. The van der Waals surface area contributed by atoms with E-state index in [0.717, 1.165) is 25.1 Å². The number of rotatable bonds is 7. The third-order valence-electron chi connectivity index (χ3n) is 2.14. The van der Waals surface area contributed by atoms with Gasteiger partial charge in [0.05, 0.1) is 10.0 Å². The van der Waals surface area contributed by atoms with Crippen molar-refractivity contribution in [2.24, 2.45) is 0 Å². The summed E-state index contributed by atoms with van der Waals surface area (Å²) in [5, 5.41) is 4.30. The smallest absolute Gasteiger partial charge is 0.156 e. The molecule has 0 fully saturated rings. The highest BCUT2D eigenvalue weighted by Gasteiger charge is 2.06. The van der Waals surface area contributed by atoms with E-state index in [0.29, 0.717) is 22.4 Å². The SMILES string of the molecule is C=C(CNCCC)COc1c(Cl)cccc1Cl. The standard InChI is InChI=1S/C13H17Cl2NO/c1-3-7-16-8-10(2)9-17-13-11(14)5-4-6-12(13)15/h4-6,16H,2-3,7-9H2,1H3. The van der Waals surface area contributed by atoms with E-state index in [4.69, 9.17) is 27.9 Å². The van der Waals surface area contributed by atoms with Crippen LogP contribution in [-0.2, 0) is 0 Å². The lowest BCUT2D eigenvalue weighted by molar-refractivity contribution is 0.349. The van der Waals surface area contributed by atoms with Crippen molar-refractivity contribution >= 4 is 23.2 Å². The molecule has 0 radical (unpaired) electrons. The highest BCUT2D eigenvalue weighted by Crippen LogP contribution is 2.32. The van der Waals surface area contributed by atoms with Gasteiger partial charge in [0.1, 0.15) is 6.61 Å². The molecule has 0 heterocycles. The molecular formula is C13H17Cl2NO. The molecule has 17 heavy (non-hydrogen) atoms. The number of hydrogen-bond acceptors (Lipinski definition) is 2. The van der Waals surface area contributed by atoms with Crippen LogP contribution < -0.4 is 10.1 Å². The maximum absolute atomic E-state index is 5.99. The molecule has 0 saturated heterocycles. The molecule has 0 aliphatic carbocycles. The minimum atomic E-state index is 0.417. The summed E-state index contributed by atoms with van der Waals surface area (Å²) in [7, 11) is 0. The predicted octanol–water partition coefficient (Wildman–Crippen LogP) is 3.93. The summed E-state index contributed by atoms with van der Waals surface area (Å²) in [5.74, 6) is 0.521. The highest BCUT2D eigenvalue weighted by molar-refractivity contribution is 6.37.